The number of methoxy groups -OCH3 is 1. The molecule has 15 heteroatoms. The second kappa shape index (κ2) is 15.6. The topological polar surface area (TPSA) is 156 Å². The Morgan fingerprint density at radius 2 is 1.73 bits per heavy atom. The van der Waals surface area contributed by atoms with Crippen molar-refractivity contribution in [3.8, 4) is 11.5 Å². The van der Waals surface area contributed by atoms with Crippen molar-refractivity contribution in [3.63, 3.8) is 0 Å². The van der Waals surface area contributed by atoms with Gasteiger partial charge in [-0.3, -0.25) is 14.4 Å². The first-order valence-corrected chi connectivity index (χ1v) is 15.0. The molecule has 0 spiro atoms. The Labute approximate surface area is 278 Å². The molecule has 4 rings (SSSR count). The van der Waals surface area contributed by atoms with Crippen LogP contribution >= 0.6 is 0 Å². The van der Waals surface area contributed by atoms with Crippen LogP contribution in [0.25, 0.3) is 0 Å². The van der Waals surface area contributed by atoms with Crippen LogP contribution in [-0.2, 0) is 41.2 Å². The van der Waals surface area contributed by atoms with Gasteiger partial charge in [0.2, 0.25) is 5.75 Å². The van der Waals surface area contributed by atoms with Crippen LogP contribution in [-0.4, -0.2) is 66.7 Å². The van der Waals surface area contributed by atoms with Crippen molar-refractivity contribution in [1.29, 1.82) is 0 Å². The number of halogens is 3. The van der Waals surface area contributed by atoms with Crippen molar-refractivity contribution >= 4 is 29.8 Å². The maximum atomic E-state index is 13.5. The van der Waals surface area contributed by atoms with Gasteiger partial charge in [0.15, 0.2) is 23.6 Å². The van der Waals surface area contributed by atoms with E-state index in [2.05, 4.69) is 10.3 Å². The van der Waals surface area contributed by atoms with Crippen LogP contribution in [0.4, 0.5) is 13.2 Å². The molecule has 4 unspecified atom stereocenters. The van der Waals surface area contributed by atoms with E-state index in [1.165, 1.54) is 20.1 Å². The van der Waals surface area contributed by atoms with Gasteiger partial charge in [0.25, 0.3) is 5.91 Å². The number of pyridine rings is 1. The van der Waals surface area contributed by atoms with Crippen molar-refractivity contribution in [2.75, 3.05) is 13.7 Å². The molecule has 1 aliphatic rings. The first-order valence-electron chi connectivity index (χ1n) is 15.0. The van der Waals surface area contributed by atoms with Crippen LogP contribution < -0.4 is 14.8 Å². The quantitative estimate of drug-likeness (QED) is 0.252. The van der Waals surface area contributed by atoms with E-state index in [9.17, 15) is 37.1 Å². The molecule has 0 aliphatic carbocycles. The van der Waals surface area contributed by atoms with Crippen molar-refractivity contribution < 1.29 is 60.8 Å². The fraction of sp³-hybridized carbons (Fsp3) is 0.353. The minimum Gasteiger partial charge on any atom is -0.493 e. The number of hydrogen-bond donors (Lipinski definition) is 1. The zero-order valence-corrected chi connectivity index (χ0v) is 26.8. The van der Waals surface area contributed by atoms with Crippen molar-refractivity contribution in [3.05, 3.63) is 89.2 Å². The molecule has 2 heterocycles. The number of amides is 1. The second-order valence-corrected chi connectivity index (χ2v) is 11.3. The summed E-state index contributed by atoms with van der Waals surface area (Å²) in [6.07, 6.45) is -5.96. The number of nitrogens with one attached hydrogen (secondary N) is 1. The van der Waals surface area contributed by atoms with Gasteiger partial charge in [0.1, 0.15) is 18.6 Å². The van der Waals surface area contributed by atoms with Crippen LogP contribution in [0, 0.1) is 11.8 Å². The average Bonchev–Trinajstić information content (AvgIpc) is 3.10. The first-order chi connectivity index (χ1) is 23.2. The Kier molecular flexibility index (Phi) is 11.6. The van der Waals surface area contributed by atoms with Gasteiger partial charge in [-0.15, -0.1) is 0 Å². The molecule has 1 N–H and O–H groups in total. The lowest BCUT2D eigenvalue weighted by Crippen LogP contribution is -2.47. The molecule has 2 aromatic carbocycles. The van der Waals surface area contributed by atoms with Crippen LogP contribution in [0.5, 0.6) is 11.5 Å². The zero-order chi connectivity index (χ0) is 35.9. The standard InChI is InChI=1S/C34H33F3N2O10/c1-18(2)30(41)48-27-19(3)47-33(44)24(17-46-32(43)23(27)15-20-9-6-5-7-10-20)39-29(40)26-28(25(45-4)13-14-38-26)49-31(42)21-11-8-12-22(16-21)34(35,36)37/h5-14,16,18-19,23-24,27H,15,17H2,1-4H3,(H,39,40). The van der Waals surface area contributed by atoms with E-state index in [1.54, 1.807) is 44.2 Å². The Morgan fingerprint density at radius 1 is 1.02 bits per heavy atom. The number of hydrogen-bond acceptors (Lipinski definition) is 11. The number of carbonyl (C=O) groups excluding carboxylic acids is 5. The van der Waals surface area contributed by atoms with Crippen LogP contribution in [0.2, 0.25) is 0 Å². The van der Waals surface area contributed by atoms with Gasteiger partial charge in [0, 0.05) is 12.3 Å². The fourth-order valence-electron chi connectivity index (χ4n) is 4.80. The Bertz CT molecular complexity index is 1700. The predicted molar refractivity (Wildman–Crippen MR) is 163 cm³/mol. The van der Waals surface area contributed by atoms with Crippen LogP contribution in [0.1, 0.15) is 52.7 Å². The molecule has 12 nitrogen and oxygen atoms in total. The molecule has 4 atom stereocenters. The lowest BCUT2D eigenvalue weighted by atomic mass is 9.91. The molecule has 0 saturated carbocycles. The lowest BCUT2D eigenvalue weighted by Gasteiger charge is -2.29. The van der Waals surface area contributed by atoms with E-state index in [1.807, 2.05) is 0 Å². The molecule has 1 amide bonds. The normalized spacial score (nSPS) is 19.8. The van der Waals surface area contributed by atoms with Crippen molar-refractivity contribution in [2.45, 2.75) is 51.6 Å². The molecule has 1 aromatic heterocycles. The summed E-state index contributed by atoms with van der Waals surface area (Å²) in [6.45, 7) is 3.93. The van der Waals surface area contributed by atoms with Gasteiger partial charge in [0.05, 0.1) is 24.2 Å². The summed E-state index contributed by atoms with van der Waals surface area (Å²) < 4.78 is 66.9. The number of nitrogens with zero attached hydrogens (tertiary/aromatic N) is 1. The van der Waals surface area contributed by atoms with E-state index in [-0.39, 0.29) is 12.2 Å². The summed E-state index contributed by atoms with van der Waals surface area (Å²) in [7, 11) is 1.18. The number of ether oxygens (including phenoxy) is 5. The highest BCUT2D eigenvalue weighted by Gasteiger charge is 2.42. The molecule has 1 saturated heterocycles. The largest absolute Gasteiger partial charge is 0.493 e. The molecule has 1 aliphatic heterocycles. The zero-order valence-electron chi connectivity index (χ0n) is 26.8. The predicted octanol–water partition coefficient (Wildman–Crippen LogP) is 4.34. The highest BCUT2D eigenvalue weighted by Crippen LogP contribution is 2.33. The summed E-state index contributed by atoms with van der Waals surface area (Å²) in [5, 5.41) is 2.34. The Morgan fingerprint density at radius 3 is 2.39 bits per heavy atom. The van der Waals surface area contributed by atoms with Gasteiger partial charge in [-0.25, -0.2) is 14.6 Å². The molecule has 260 valence electrons. The van der Waals surface area contributed by atoms with E-state index in [4.69, 9.17) is 23.7 Å². The Balaban J connectivity index is 1.60. The first kappa shape index (κ1) is 36.4. The van der Waals surface area contributed by atoms with Crippen molar-refractivity contribution in [2.24, 2.45) is 11.8 Å². The maximum Gasteiger partial charge on any atom is 0.416 e. The minimum atomic E-state index is -4.74. The monoisotopic (exact) mass is 686 g/mol. The van der Waals surface area contributed by atoms with Gasteiger partial charge in [-0.05, 0) is 37.1 Å². The molecule has 3 aromatic rings. The number of rotatable bonds is 9. The molecule has 0 radical (unpaired) electrons. The minimum absolute atomic E-state index is 0.0724. The third-order valence-electron chi connectivity index (χ3n) is 7.39. The third kappa shape index (κ3) is 9.12. The number of cyclic esters (lactones) is 2. The highest BCUT2D eigenvalue weighted by molar-refractivity contribution is 6.00. The lowest BCUT2D eigenvalue weighted by molar-refractivity contribution is -0.176. The van der Waals surface area contributed by atoms with E-state index < -0.39 is 95.2 Å². The summed E-state index contributed by atoms with van der Waals surface area (Å²) in [5.74, 6) is -7.30. The van der Waals surface area contributed by atoms with Gasteiger partial charge in [-0.1, -0.05) is 50.2 Å². The fourth-order valence-corrected chi connectivity index (χ4v) is 4.80. The summed E-state index contributed by atoms with van der Waals surface area (Å²) >= 11 is 0. The number of alkyl halides is 3. The van der Waals surface area contributed by atoms with Crippen molar-refractivity contribution in [1.82, 2.24) is 10.3 Å². The number of aromatic nitrogens is 1. The maximum absolute atomic E-state index is 13.5. The molecular formula is C34H33F3N2O10. The SMILES string of the molecule is COc1ccnc(C(=O)NC2COC(=O)C(Cc3ccccc3)C(OC(=O)C(C)C)C(C)OC2=O)c1OC(=O)c1cccc(C(F)(F)F)c1. The number of carbonyl (C=O) groups is 5. The van der Waals surface area contributed by atoms with E-state index >= 15 is 0 Å². The molecular weight excluding hydrogens is 653 g/mol. The summed E-state index contributed by atoms with van der Waals surface area (Å²) in [6, 6.07) is 11.9. The van der Waals surface area contributed by atoms with Gasteiger partial charge in [-0.2, -0.15) is 13.2 Å². The van der Waals surface area contributed by atoms with Crippen LogP contribution in [0.15, 0.2) is 66.9 Å². The van der Waals surface area contributed by atoms with Gasteiger partial charge >= 0.3 is 30.1 Å². The molecule has 1 fully saturated rings. The highest BCUT2D eigenvalue weighted by atomic mass is 19.4. The molecule has 49 heavy (non-hydrogen) atoms. The average molecular weight is 687 g/mol. The smallest absolute Gasteiger partial charge is 0.416 e. The summed E-state index contributed by atoms with van der Waals surface area (Å²) in [5.41, 5.74) is -1.45. The van der Waals surface area contributed by atoms with Crippen LogP contribution in [0.3, 0.4) is 0 Å². The molecule has 0 bridgehead atoms. The summed E-state index contributed by atoms with van der Waals surface area (Å²) in [4.78, 5) is 69.8. The van der Waals surface area contributed by atoms with E-state index in [0.29, 0.717) is 11.6 Å². The number of esters is 4. The Hall–Kier alpha value is -5.47. The van der Waals surface area contributed by atoms with Gasteiger partial charge < -0.3 is 29.0 Å². The second-order valence-electron chi connectivity index (χ2n) is 11.3. The third-order valence-corrected chi connectivity index (χ3v) is 7.39. The van der Waals surface area contributed by atoms with E-state index in [0.717, 1.165) is 24.4 Å². The number of benzene rings is 2.